The standard InChI is InChI=1S/C50H56N4O10S/c1-3-27-61-50-46(65-40-22-17-37(18-23-40)52-33(2)57)30-44(53-62-32-35-15-19-38(20-16-35)54(59)60)42-28-36(13-7-9-25-55)41(14-8-10-26-56)47(48(42)50)43-29-39(21-24-45(43)64-50)63-49(58)51-31-34-11-5-4-6-12-34/h3-6,11-12,15-24,28-29,36,41,46-48,55-56H,1,7-10,13-14,25-27,30-32H2,2H3,(H,51,58)(H,52,57)/t36-,41+,46-,47+,48+,50+/m0/s1. The maximum absolute atomic E-state index is 13.3. The van der Waals surface area contributed by atoms with Crippen molar-refractivity contribution < 1.29 is 43.8 Å². The van der Waals surface area contributed by atoms with E-state index in [1.165, 1.54) is 19.1 Å². The average Bonchev–Trinajstić information content (AvgIpc) is 3.30. The first-order chi connectivity index (χ1) is 31.6. The van der Waals surface area contributed by atoms with Gasteiger partial charge in [0.1, 0.15) is 18.1 Å². The van der Waals surface area contributed by atoms with Crippen LogP contribution in [0.3, 0.4) is 0 Å². The van der Waals surface area contributed by atoms with Crippen LogP contribution in [-0.4, -0.2) is 63.7 Å². The van der Waals surface area contributed by atoms with Gasteiger partial charge in [0.2, 0.25) is 11.7 Å². The number of ether oxygens (including phenoxy) is 3. The Bertz CT molecular complexity index is 2340. The fraction of sp³-hybridized carbons (Fsp3) is 0.380. The predicted octanol–water partition coefficient (Wildman–Crippen LogP) is 9.47. The maximum Gasteiger partial charge on any atom is 0.412 e. The van der Waals surface area contributed by atoms with Gasteiger partial charge in [0.25, 0.3) is 5.69 Å². The molecule has 15 heteroatoms. The lowest BCUT2D eigenvalue weighted by molar-refractivity contribution is -0.384. The first-order valence-corrected chi connectivity index (χ1v) is 23.0. The Hall–Kier alpha value is -6.00. The second kappa shape index (κ2) is 22.3. The summed E-state index contributed by atoms with van der Waals surface area (Å²) in [6.45, 7) is 6.14. The van der Waals surface area contributed by atoms with Gasteiger partial charge in [-0.15, -0.1) is 18.3 Å². The number of carbonyl (C=O) groups is 2. The number of hydrogen-bond donors (Lipinski definition) is 4. The number of nitrogens with one attached hydrogen (secondary N) is 2. The largest absolute Gasteiger partial charge is 0.460 e. The maximum atomic E-state index is 13.3. The van der Waals surface area contributed by atoms with Gasteiger partial charge in [-0.05, 0) is 109 Å². The van der Waals surface area contributed by atoms with Crippen LogP contribution in [0.1, 0.15) is 74.5 Å². The quantitative estimate of drug-likeness (QED) is 0.0270. The number of nitro groups is 1. The predicted molar refractivity (Wildman–Crippen MR) is 249 cm³/mol. The fourth-order valence-electron chi connectivity index (χ4n) is 9.28. The lowest BCUT2D eigenvalue weighted by Crippen LogP contribution is -2.64. The first kappa shape index (κ1) is 47.0. The molecule has 0 spiro atoms. The van der Waals surface area contributed by atoms with Crippen molar-refractivity contribution >= 4 is 40.8 Å². The van der Waals surface area contributed by atoms with Gasteiger partial charge in [-0.1, -0.05) is 60.5 Å². The highest BCUT2D eigenvalue weighted by Gasteiger charge is 2.64. The summed E-state index contributed by atoms with van der Waals surface area (Å²) in [7, 11) is 0. The molecule has 14 nitrogen and oxygen atoms in total. The normalized spacial score (nSPS) is 22.4. The van der Waals surface area contributed by atoms with E-state index in [1.807, 2.05) is 66.7 Å². The molecule has 1 saturated carbocycles. The summed E-state index contributed by atoms with van der Waals surface area (Å²) in [6, 6.07) is 28.8. The van der Waals surface area contributed by atoms with Gasteiger partial charge in [0.05, 0.1) is 28.4 Å². The molecule has 1 fully saturated rings. The SMILES string of the molecule is C=CCO[C@@]12Oc3ccc(OC(=O)NCc4ccccc4)cc3[C@H]3[C@H](CCCCO)[C@@H](CCCCO)C=C(C(=NOCc4ccc([N+](=O)[O-])cc4)C[C@@H]1Sc1ccc(NC(C)=O)cc1)[C@H]32. The summed E-state index contributed by atoms with van der Waals surface area (Å²) >= 11 is 1.57. The summed E-state index contributed by atoms with van der Waals surface area (Å²) < 4.78 is 20.2. The molecule has 0 aromatic heterocycles. The van der Waals surface area contributed by atoms with Crippen LogP contribution in [0.5, 0.6) is 11.5 Å². The van der Waals surface area contributed by atoms with Gasteiger partial charge in [-0.2, -0.15) is 0 Å². The van der Waals surface area contributed by atoms with Crippen LogP contribution < -0.4 is 20.1 Å². The molecule has 1 heterocycles. The molecule has 4 aromatic rings. The van der Waals surface area contributed by atoms with E-state index in [0.717, 1.165) is 47.3 Å². The summed E-state index contributed by atoms with van der Waals surface area (Å²) in [5.41, 5.74) is 4.74. The number of fused-ring (bicyclic) bond motifs is 2. The Balaban J connectivity index is 1.34. The number of anilines is 1. The number of oxime groups is 1. The molecule has 4 aromatic carbocycles. The van der Waals surface area contributed by atoms with E-state index in [-0.39, 0.29) is 55.8 Å². The van der Waals surface area contributed by atoms with Crippen molar-refractivity contribution in [1.29, 1.82) is 0 Å². The molecule has 2 aliphatic carbocycles. The monoisotopic (exact) mass is 904 g/mol. The van der Waals surface area contributed by atoms with Crippen molar-refractivity contribution in [3.05, 3.63) is 148 Å². The summed E-state index contributed by atoms with van der Waals surface area (Å²) in [5, 5.41) is 41.3. The number of aliphatic hydroxyl groups excluding tert-OH is 2. The van der Waals surface area contributed by atoms with E-state index in [0.29, 0.717) is 54.3 Å². The van der Waals surface area contributed by atoms with Crippen molar-refractivity contribution in [2.75, 3.05) is 25.1 Å². The molecule has 342 valence electrons. The van der Waals surface area contributed by atoms with E-state index >= 15 is 0 Å². The Morgan fingerprint density at radius 2 is 1.71 bits per heavy atom. The lowest BCUT2D eigenvalue weighted by Gasteiger charge is -2.58. The Morgan fingerprint density at radius 3 is 2.40 bits per heavy atom. The lowest BCUT2D eigenvalue weighted by atomic mass is 9.56. The van der Waals surface area contributed by atoms with Gasteiger partial charge < -0.3 is 39.9 Å². The third-order valence-corrected chi connectivity index (χ3v) is 13.4. The van der Waals surface area contributed by atoms with Crippen LogP contribution in [0.25, 0.3) is 0 Å². The van der Waals surface area contributed by atoms with Crippen LogP contribution in [0.2, 0.25) is 0 Å². The number of benzene rings is 4. The van der Waals surface area contributed by atoms with Crippen LogP contribution >= 0.6 is 11.8 Å². The topological polar surface area (TPSA) is 191 Å². The van der Waals surface area contributed by atoms with Gasteiger partial charge in [-0.3, -0.25) is 14.9 Å². The number of aliphatic hydroxyl groups is 2. The summed E-state index contributed by atoms with van der Waals surface area (Å²) in [6.07, 6.45) is 8.10. The van der Waals surface area contributed by atoms with Crippen LogP contribution in [0.15, 0.2) is 131 Å². The number of nitrogens with zero attached hydrogens (tertiary/aromatic N) is 2. The minimum absolute atomic E-state index is 0.00785. The molecule has 0 unspecified atom stereocenters. The minimum atomic E-state index is -1.28. The molecule has 3 aliphatic rings. The number of allylic oxidation sites excluding steroid dienone is 1. The molecule has 2 amide bonds. The molecule has 6 atom stereocenters. The van der Waals surface area contributed by atoms with Crippen LogP contribution in [-0.2, 0) is 27.5 Å². The Labute approximate surface area is 383 Å². The minimum Gasteiger partial charge on any atom is -0.460 e. The highest BCUT2D eigenvalue weighted by Crippen LogP contribution is 2.63. The second-order valence-electron chi connectivity index (χ2n) is 16.5. The van der Waals surface area contributed by atoms with Gasteiger partial charge in [0.15, 0.2) is 0 Å². The Morgan fingerprint density at radius 1 is 0.969 bits per heavy atom. The number of rotatable bonds is 21. The Kier molecular flexibility index (Phi) is 16.1. The molecule has 0 radical (unpaired) electrons. The van der Waals surface area contributed by atoms with E-state index < -0.39 is 28.0 Å². The smallest absolute Gasteiger partial charge is 0.412 e. The van der Waals surface area contributed by atoms with Crippen molar-refractivity contribution in [2.45, 2.75) is 86.9 Å². The van der Waals surface area contributed by atoms with E-state index in [1.54, 1.807) is 36.0 Å². The zero-order valence-corrected chi connectivity index (χ0v) is 37.3. The summed E-state index contributed by atoms with van der Waals surface area (Å²) in [5.74, 6) is -1.21. The number of non-ortho nitro benzene ring substituents is 1. The molecular weight excluding hydrogens is 849 g/mol. The molecule has 1 aliphatic heterocycles. The summed E-state index contributed by atoms with van der Waals surface area (Å²) in [4.78, 5) is 43.0. The van der Waals surface area contributed by atoms with Gasteiger partial charge in [-0.25, -0.2) is 4.79 Å². The fourth-order valence-corrected chi connectivity index (χ4v) is 10.6. The van der Waals surface area contributed by atoms with E-state index in [9.17, 15) is 29.9 Å². The zero-order valence-electron chi connectivity index (χ0n) is 36.4. The third-order valence-electron chi connectivity index (χ3n) is 12.1. The average molecular weight is 905 g/mol. The molecule has 0 saturated heterocycles. The first-order valence-electron chi connectivity index (χ1n) is 22.1. The van der Waals surface area contributed by atoms with E-state index in [4.69, 9.17) is 24.2 Å². The van der Waals surface area contributed by atoms with Crippen molar-refractivity contribution in [1.82, 2.24) is 5.32 Å². The number of nitro benzene ring substituents is 1. The second-order valence-corrected chi connectivity index (χ2v) is 17.8. The van der Waals surface area contributed by atoms with Crippen LogP contribution in [0, 0.1) is 27.9 Å². The van der Waals surface area contributed by atoms with Crippen LogP contribution in [0.4, 0.5) is 16.2 Å². The van der Waals surface area contributed by atoms with Crippen molar-refractivity contribution in [3.8, 4) is 11.5 Å². The van der Waals surface area contributed by atoms with Gasteiger partial charge >= 0.3 is 6.09 Å². The molecule has 4 N–H and O–H groups in total. The number of amides is 2. The van der Waals surface area contributed by atoms with Gasteiger partial charge in [0, 0.05) is 67.3 Å². The number of carbonyl (C=O) groups excluding carboxylic acids is 2. The highest BCUT2D eigenvalue weighted by molar-refractivity contribution is 8.00. The number of unbranched alkanes of at least 4 members (excludes halogenated alkanes) is 2. The van der Waals surface area contributed by atoms with Crippen molar-refractivity contribution in [3.63, 3.8) is 0 Å². The number of hydrogen-bond acceptors (Lipinski definition) is 12. The highest BCUT2D eigenvalue weighted by atomic mass is 32.2. The third kappa shape index (κ3) is 11.5. The molecule has 65 heavy (non-hydrogen) atoms. The van der Waals surface area contributed by atoms with E-state index in [2.05, 4.69) is 23.3 Å². The number of thioether (sulfide) groups is 1. The zero-order chi connectivity index (χ0) is 45.8. The molecular formula is C50H56N4O10S. The molecule has 7 rings (SSSR count). The molecule has 0 bridgehead atoms. The van der Waals surface area contributed by atoms with Crippen molar-refractivity contribution in [2.24, 2.45) is 22.9 Å².